The number of nitrogens with one attached hydrogen (secondary N) is 1. The van der Waals surface area contributed by atoms with Gasteiger partial charge < -0.3 is 18.9 Å². The monoisotopic (exact) mass is 549 g/mol. The van der Waals surface area contributed by atoms with Crippen LogP contribution < -0.4 is 5.48 Å². The molecule has 31 heavy (non-hydrogen) atoms. The average molecular weight is 549 g/mol. The molecule has 0 aromatic carbocycles. The standard InChI is InChI=1S/C17H20IN5O8/c1-7(24)28-5-10-12(29-8(2)25)13(30-9(3)26)16(31-10)23-6-19-11-14(22-27-4)20-17(18)21-15(11)23/h6,10,12-13,16H,5H2,1-4H3,(H,20,21,22)/t10-,12-,13+,16-/m1/s1. The van der Waals surface area contributed by atoms with Gasteiger partial charge in [0.05, 0.1) is 13.4 Å². The number of aromatic nitrogens is 4. The minimum Gasteiger partial charge on any atom is -0.463 e. The molecule has 1 aliphatic rings. The molecule has 0 aliphatic carbocycles. The molecule has 2 aromatic rings. The van der Waals surface area contributed by atoms with Gasteiger partial charge in [0, 0.05) is 43.4 Å². The van der Waals surface area contributed by atoms with Crippen molar-refractivity contribution >= 4 is 57.5 Å². The van der Waals surface area contributed by atoms with Gasteiger partial charge in [-0.1, -0.05) is 0 Å². The topological polar surface area (TPSA) is 153 Å². The quantitative estimate of drug-likeness (QED) is 0.170. The van der Waals surface area contributed by atoms with Gasteiger partial charge in [-0.2, -0.15) is 0 Å². The van der Waals surface area contributed by atoms with E-state index in [4.69, 9.17) is 23.8 Å². The van der Waals surface area contributed by atoms with E-state index in [1.807, 2.05) is 22.6 Å². The summed E-state index contributed by atoms with van der Waals surface area (Å²) in [6, 6.07) is 0. The number of rotatable bonds is 7. The molecule has 0 bridgehead atoms. The number of anilines is 1. The highest BCUT2D eigenvalue weighted by Gasteiger charge is 2.51. The first-order chi connectivity index (χ1) is 14.7. The molecular weight excluding hydrogens is 529 g/mol. The summed E-state index contributed by atoms with van der Waals surface area (Å²) < 4.78 is 23.8. The molecule has 14 heteroatoms. The largest absolute Gasteiger partial charge is 0.463 e. The van der Waals surface area contributed by atoms with Crippen LogP contribution in [0.1, 0.15) is 27.0 Å². The second kappa shape index (κ2) is 9.69. The van der Waals surface area contributed by atoms with Crippen LogP contribution in [0.15, 0.2) is 6.33 Å². The van der Waals surface area contributed by atoms with E-state index in [0.29, 0.717) is 20.8 Å². The molecule has 2 aromatic heterocycles. The third-order valence-electron chi connectivity index (χ3n) is 4.21. The highest BCUT2D eigenvalue weighted by Crippen LogP contribution is 2.36. The first-order valence-corrected chi connectivity index (χ1v) is 10.1. The van der Waals surface area contributed by atoms with Crippen molar-refractivity contribution in [3.05, 3.63) is 10.2 Å². The maximum atomic E-state index is 11.8. The number of carbonyl (C=O) groups excluding carboxylic acids is 3. The van der Waals surface area contributed by atoms with Crippen LogP contribution in [-0.4, -0.2) is 69.5 Å². The summed E-state index contributed by atoms with van der Waals surface area (Å²) >= 11 is 1.93. The first kappa shape index (κ1) is 23.1. The summed E-state index contributed by atoms with van der Waals surface area (Å²) in [4.78, 5) is 52.6. The molecule has 4 atom stereocenters. The molecule has 1 saturated heterocycles. The lowest BCUT2D eigenvalue weighted by atomic mass is 10.1. The van der Waals surface area contributed by atoms with Crippen molar-refractivity contribution in [2.75, 3.05) is 19.2 Å². The number of carbonyl (C=O) groups is 3. The Labute approximate surface area is 189 Å². The number of imidazole rings is 1. The first-order valence-electron chi connectivity index (χ1n) is 9.03. The van der Waals surface area contributed by atoms with Crippen LogP contribution in [0.25, 0.3) is 11.2 Å². The zero-order valence-corrected chi connectivity index (χ0v) is 19.2. The van der Waals surface area contributed by atoms with Gasteiger partial charge in [0.2, 0.25) is 0 Å². The van der Waals surface area contributed by atoms with Crippen LogP contribution in [0, 0.1) is 3.83 Å². The number of halogens is 1. The van der Waals surface area contributed by atoms with Crippen molar-refractivity contribution in [2.45, 2.75) is 45.3 Å². The predicted octanol–water partition coefficient (Wildman–Crippen LogP) is 0.728. The van der Waals surface area contributed by atoms with Crippen LogP contribution in [0.5, 0.6) is 0 Å². The number of esters is 3. The van der Waals surface area contributed by atoms with E-state index >= 15 is 0 Å². The Morgan fingerprint density at radius 3 is 2.42 bits per heavy atom. The number of ether oxygens (including phenoxy) is 4. The van der Waals surface area contributed by atoms with E-state index in [1.54, 1.807) is 0 Å². The zero-order chi connectivity index (χ0) is 22.7. The summed E-state index contributed by atoms with van der Waals surface area (Å²) in [5, 5.41) is 0. The molecule has 1 N–H and O–H groups in total. The maximum absolute atomic E-state index is 11.8. The van der Waals surface area contributed by atoms with Crippen molar-refractivity contribution < 1.29 is 38.2 Å². The van der Waals surface area contributed by atoms with E-state index in [-0.39, 0.29) is 6.61 Å². The molecule has 168 valence electrons. The molecule has 0 unspecified atom stereocenters. The van der Waals surface area contributed by atoms with Gasteiger partial charge in [0.25, 0.3) is 0 Å². The van der Waals surface area contributed by atoms with Gasteiger partial charge in [-0.3, -0.25) is 23.8 Å². The van der Waals surface area contributed by atoms with Gasteiger partial charge in [0.1, 0.15) is 12.7 Å². The maximum Gasteiger partial charge on any atom is 0.303 e. The van der Waals surface area contributed by atoms with Crippen molar-refractivity contribution in [1.82, 2.24) is 19.5 Å². The number of fused-ring (bicyclic) bond motifs is 1. The van der Waals surface area contributed by atoms with E-state index < -0.39 is 42.4 Å². The van der Waals surface area contributed by atoms with Crippen LogP contribution in [-0.2, 0) is 38.2 Å². The Kier molecular flexibility index (Phi) is 7.22. The molecule has 0 spiro atoms. The molecule has 3 heterocycles. The second-order valence-corrected chi connectivity index (χ2v) is 7.45. The average Bonchev–Trinajstić information content (AvgIpc) is 3.21. The molecule has 13 nitrogen and oxygen atoms in total. The number of hydrogen-bond acceptors (Lipinski definition) is 12. The third-order valence-corrected chi connectivity index (χ3v) is 4.69. The van der Waals surface area contributed by atoms with Crippen LogP contribution in [0.3, 0.4) is 0 Å². The van der Waals surface area contributed by atoms with Gasteiger partial charge in [-0.05, 0) is 0 Å². The summed E-state index contributed by atoms with van der Waals surface area (Å²) in [7, 11) is 1.43. The van der Waals surface area contributed by atoms with E-state index in [0.717, 1.165) is 0 Å². The fraction of sp³-hybridized carbons (Fsp3) is 0.529. The van der Waals surface area contributed by atoms with Gasteiger partial charge in [-0.25, -0.2) is 20.4 Å². The van der Waals surface area contributed by atoms with Gasteiger partial charge >= 0.3 is 17.9 Å². The minimum atomic E-state index is -1.05. The Bertz CT molecular complexity index is 998. The van der Waals surface area contributed by atoms with E-state index in [9.17, 15) is 14.4 Å². The lowest BCUT2D eigenvalue weighted by Crippen LogP contribution is -2.40. The van der Waals surface area contributed by atoms with Gasteiger partial charge in [0.15, 0.2) is 39.2 Å². The predicted molar refractivity (Wildman–Crippen MR) is 110 cm³/mol. The van der Waals surface area contributed by atoms with Crippen LogP contribution in [0.4, 0.5) is 5.82 Å². The molecular formula is C17H20IN5O8. The highest BCUT2D eigenvalue weighted by molar-refractivity contribution is 14.1. The fourth-order valence-electron chi connectivity index (χ4n) is 3.16. The smallest absolute Gasteiger partial charge is 0.303 e. The summed E-state index contributed by atoms with van der Waals surface area (Å²) in [5.74, 6) is -1.44. The minimum absolute atomic E-state index is 0.211. The van der Waals surface area contributed by atoms with Crippen LogP contribution in [0.2, 0.25) is 0 Å². The van der Waals surface area contributed by atoms with Crippen molar-refractivity contribution in [3.8, 4) is 0 Å². The van der Waals surface area contributed by atoms with E-state index in [2.05, 4.69) is 20.4 Å². The summed E-state index contributed by atoms with van der Waals surface area (Å²) in [6.45, 7) is 3.46. The molecule has 0 radical (unpaired) electrons. The van der Waals surface area contributed by atoms with E-state index in [1.165, 1.54) is 38.8 Å². The SMILES string of the molecule is CONc1nc(I)nc2c1ncn2[C@@H]1O[C@H](COC(C)=O)[C@@H](OC(C)=O)[C@@H]1OC(C)=O. The molecule has 0 amide bonds. The summed E-state index contributed by atoms with van der Waals surface area (Å²) in [6.07, 6.45) is -2.51. The Hall–Kier alpha value is -2.59. The second-order valence-electron chi connectivity index (χ2n) is 6.49. The summed E-state index contributed by atoms with van der Waals surface area (Å²) in [5.41, 5.74) is 3.36. The van der Waals surface area contributed by atoms with Crippen molar-refractivity contribution in [1.29, 1.82) is 0 Å². The van der Waals surface area contributed by atoms with Crippen LogP contribution >= 0.6 is 22.6 Å². The molecule has 0 saturated carbocycles. The highest BCUT2D eigenvalue weighted by atomic mass is 127. The van der Waals surface area contributed by atoms with Crippen molar-refractivity contribution in [2.24, 2.45) is 0 Å². The number of hydrogen-bond donors (Lipinski definition) is 1. The molecule has 1 fully saturated rings. The number of nitrogens with zero attached hydrogens (tertiary/aromatic N) is 4. The van der Waals surface area contributed by atoms with Crippen molar-refractivity contribution in [3.63, 3.8) is 0 Å². The normalized spacial score (nSPS) is 22.9. The fourth-order valence-corrected chi connectivity index (χ4v) is 3.63. The zero-order valence-electron chi connectivity index (χ0n) is 17.0. The third kappa shape index (κ3) is 5.19. The lowest BCUT2D eigenvalue weighted by molar-refractivity contribution is -0.166. The Balaban J connectivity index is 2.05. The lowest BCUT2D eigenvalue weighted by Gasteiger charge is -2.23. The molecule has 3 rings (SSSR count). The Morgan fingerprint density at radius 1 is 1.13 bits per heavy atom. The Morgan fingerprint density at radius 2 is 1.81 bits per heavy atom. The van der Waals surface area contributed by atoms with Gasteiger partial charge in [-0.15, -0.1) is 0 Å². The molecule has 1 aliphatic heterocycles.